The lowest BCUT2D eigenvalue weighted by Gasteiger charge is -2.09. The molecule has 0 bridgehead atoms. The second-order valence-electron chi connectivity index (χ2n) is 3.60. The lowest BCUT2D eigenvalue weighted by atomic mass is 10.1. The molecule has 0 radical (unpaired) electrons. The number of hydrogen-bond donors (Lipinski definition) is 1. The van der Waals surface area contributed by atoms with Gasteiger partial charge in [0.25, 0.3) is 0 Å². The number of ether oxygens (including phenoxy) is 1. The van der Waals surface area contributed by atoms with Crippen molar-refractivity contribution in [2.45, 2.75) is 6.18 Å². The first-order valence-corrected chi connectivity index (χ1v) is 4.86. The largest absolute Gasteiger partial charge is 0.508 e. The summed E-state index contributed by atoms with van der Waals surface area (Å²) in [5.74, 6) is 0.266. The van der Waals surface area contributed by atoms with Crippen molar-refractivity contribution < 1.29 is 23.0 Å². The number of phenolic OH excluding ortho intramolecular Hbond substituents is 1. The zero-order valence-electron chi connectivity index (χ0n) is 8.66. The van der Waals surface area contributed by atoms with E-state index in [-0.39, 0.29) is 11.5 Å². The molecule has 0 unspecified atom stereocenters. The molecule has 0 aliphatic heterocycles. The fourth-order valence-electron chi connectivity index (χ4n) is 1.47. The van der Waals surface area contributed by atoms with Gasteiger partial charge in [0, 0.05) is 0 Å². The van der Waals surface area contributed by atoms with E-state index in [1.165, 1.54) is 24.3 Å². The second kappa shape index (κ2) is 4.16. The minimum Gasteiger partial charge on any atom is -0.508 e. The molecule has 0 atom stereocenters. The van der Waals surface area contributed by atoms with Gasteiger partial charge in [-0.25, -0.2) is 0 Å². The van der Waals surface area contributed by atoms with Crippen LogP contribution in [0.15, 0.2) is 36.4 Å². The predicted molar refractivity (Wildman–Crippen MR) is 57.2 cm³/mol. The highest BCUT2D eigenvalue weighted by molar-refractivity contribution is 5.85. The molecule has 90 valence electrons. The van der Waals surface area contributed by atoms with Gasteiger partial charge in [0.2, 0.25) is 0 Å². The molecule has 1 N–H and O–H groups in total. The average molecular weight is 242 g/mol. The zero-order valence-corrected chi connectivity index (χ0v) is 8.66. The Labute approximate surface area is 95.2 Å². The van der Waals surface area contributed by atoms with Gasteiger partial charge >= 0.3 is 6.18 Å². The Hall–Kier alpha value is -1.91. The van der Waals surface area contributed by atoms with Crippen LogP contribution >= 0.6 is 0 Å². The predicted octanol–water partition coefficient (Wildman–Crippen LogP) is 3.49. The molecule has 2 aromatic carbocycles. The number of aromatic hydroxyl groups is 1. The van der Waals surface area contributed by atoms with Crippen LogP contribution in [0.3, 0.4) is 0 Å². The summed E-state index contributed by atoms with van der Waals surface area (Å²) >= 11 is 0. The van der Waals surface area contributed by atoms with Crippen LogP contribution in [-0.2, 0) is 0 Å². The monoisotopic (exact) mass is 242 g/mol. The summed E-state index contributed by atoms with van der Waals surface area (Å²) in [7, 11) is 0. The Kier molecular flexibility index (Phi) is 2.83. The van der Waals surface area contributed by atoms with Crippen LogP contribution < -0.4 is 4.74 Å². The number of phenols is 1. The van der Waals surface area contributed by atoms with E-state index in [2.05, 4.69) is 4.74 Å². The Balaban J connectivity index is 2.23. The van der Waals surface area contributed by atoms with Gasteiger partial charge in [-0.15, -0.1) is 0 Å². The normalized spacial score (nSPS) is 11.7. The summed E-state index contributed by atoms with van der Waals surface area (Å²) in [5, 5.41) is 10.7. The molecule has 0 spiro atoms. The maximum absolute atomic E-state index is 12.0. The van der Waals surface area contributed by atoms with Gasteiger partial charge in [0.05, 0.1) is 0 Å². The van der Waals surface area contributed by atoms with Crippen molar-refractivity contribution in [2.24, 2.45) is 0 Å². The zero-order chi connectivity index (χ0) is 12.5. The Bertz CT molecular complexity index is 535. The van der Waals surface area contributed by atoms with Crippen molar-refractivity contribution in [1.29, 1.82) is 0 Å². The fraction of sp³-hybridized carbons (Fsp3) is 0.167. The molecule has 0 amide bonds. The minimum atomic E-state index is -4.34. The molecule has 2 aromatic rings. The van der Waals surface area contributed by atoms with Crippen LogP contribution in [-0.4, -0.2) is 17.9 Å². The molecule has 0 aliphatic carbocycles. The molecule has 2 nitrogen and oxygen atoms in total. The third-order valence-corrected chi connectivity index (χ3v) is 2.20. The molecule has 17 heavy (non-hydrogen) atoms. The summed E-state index contributed by atoms with van der Waals surface area (Å²) in [6, 6.07) is 9.15. The Morgan fingerprint density at radius 1 is 1.00 bits per heavy atom. The number of fused-ring (bicyclic) bond motifs is 1. The topological polar surface area (TPSA) is 29.5 Å². The van der Waals surface area contributed by atoms with Gasteiger partial charge in [-0.1, -0.05) is 12.1 Å². The van der Waals surface area contributed by atoms with Gasteiger partial charge in [0.15, 0.2) is 6.61 Å². The first-order chi connectivity index (χ1) is 7.94. The van der Waals surface area contributed by atoms with Crippen LogP contribution in [0.5, 0.6) is 11.5 Å². The van der Waals surface area contributed by atoms with E-state index in [9.17, 15) is 18.3 Å². The van der Waals surface area contributed by atoms with Crippen LogP contribution in [0.1, 0.15) is 0 Å². The molecule has 2 rings (SSSR count). The van der Waals surface area contributed by atoms with Crippen molar-refractivity contribution in [1.82, 2.24) is 0 Å². The fourth-order valence-corrected chi connectivity index (χ4v) is 1.47. The lowest BCUT2D eigenvalue weighted by molar-refractivity contribution is -0.153. The highest BCUT2D eigenvalue weighted by Crippen LogP contribution is 2.25. The molecular formula is C12H9F3O2. The molecule has 5 heteroatoms. The molecule has 0 fully saturated rings. The van der Waals surface area contributed by atoms with E-state index in [0.29, 0.717) is 5.39 Å². The van der Waals surface area contributed by atoms with Gasteiger partial charge in [-0.05, 0) is 35.0 Å². The first kappa shape index (κ1) is 11.6. The molecule has 0 saturated carbocycles. The van der Waals surface area contributed by atoms with Crippen molar-refractivity contribution in [3.05, 3.63) is 36.4 Å². The van der Waals surface area contributed by atoms with Crippen molar-refractivity contribution in [3.63, 3.8) is 0 Å². The molecule has 0 aromatic heterocycles. The van der Waals surface area contributed by atoms with E-state index in [1.54, 1.807) is 12.1 Å². The maximum Gasteiger partial charge on any atom is 0.422 e. The van der Waals surface area contributed by atoms with E-state index in [0.717, 1.165) is 5.39 Å². The highest BCUT2D eigenvalue weighted by atomic mass is 19.4. The Morgan fingerprint density at radius 3 is 2.35 bits per heavy atom. The van der Waals surface area contributed by atoms with Gasteiger partial charge in [-0.3, -0.25) is 0 Å². The van der Waals surface area contributed by atoms with E-state index < -0.39 is 12.8 Å². The van der Waals surface area contributed by atoms with Crippen LogP contribution in [0, 0.1) is 0 Å². The molecule has 0 heterocycles. The van der Waals surface area contributed by atoms with Crippen LogP contribution in [0.4, 0.5) is 13.2 Å². The second-order valence-corrected chi connectivity index (χ2v) is 3.60. The number of rotatable bonds is 2. The molecule has 0 aliphatic rings. The summed E-state index contributed by atoms with van der Waals surface area (Å²) < 4.78 is 40.5. The standard InChI is InChI=1S/C12H9F3O2/c13-12(14,15)7-17-11-4-2-8-5-10(16)3-1-9(8)6-11/h1-6,16H,7H2. The summed E-state index contributed by atoms with van der Waals surface area (Å²) in [6.07, 6.45) is -4.34. The molecule has 0 saturated heterocycles. The minimum absolute atomic E-state index is 0.112. The van der Waals surface area contributed by atoms with E-state index in [1.807, 2.05) is 0 Å². The highest BCUT2D eigenvalue weighted by Gasteiger charge is 2.28. The number of benzene rings is 2. The third-order valence-electron chi connectivity index (χ3n) is 2.20. The smallest absolute Gasteiger partial charge is 0.422 e. The summed E-state index contributed by atoms with van der Waals surface area (Å²) in [4.78, 5) is 0. The average Bonchev–Trinajstić information content (AvgIpc) is 2.25. The van der Waals surface area contributed by atoms with Crippen molar-refractivity contribution >= 4 is 10.8 Å². The summed E-state index contributed by atoms with van der Waals surface area (Å²) in [6.45, 7) is -1.31. The Morgan fingerprint density at radius 2 is 1.65 bits per heavy atom. The quantitative estimate of drug-likeness (QED) is 0.873. The van der Waals surface area contributed by atoms with Crippen LogP contribution in [0.25, 0.3) is 10.8 Å². The van der Waals surface area contributed by atoms with E-state index >= 15 is 0 Å². The lowest BCUT2D eigenvalue weighted by Crippen LogP contribution is -2.19. The number of hydrogen-bond acceptors (Lipinski definition) is 2. The van der Waals surface area contributed by atoms with Gasteiger partial charge in [0.1, 0.15) is 11.5 Å². The van der Waals surface area contributed by atoms with Crippen molar-refractivity contribution in [3.8, 4) is 11.5 Å². The van der Waals surface area contributed by atoms with E-state index in [4.69, 9.17) is 0 Å². The SMILES string of the molecule is Oc1ccc2cc(OCC(F)(F)F)ccc2c1. The van der Waals surface area contributed by atoms with Gasteiger partial charge < -0.3 is 9.84 Å². The third kappa shape index (κ3) is 3.03. The summed E-state index contributed by atoms with van der Waals surface area (Å²) in [5.41, 5.74) is 0. The molecular weight excluding hydrogens is 233 g/mol. The maximum atomic E-state index is 12.0. The van der Waals surface area contributed by atoms with Crippen LogP contribution in [0.2, 0.25) is 0 Å². The number of halogens is 3. The van der Waals surface area contributed by atoms with Gasteiger partial charge in [-0.2, -0.15) is 13.2 Å². The van der Waals surface area contributed by atoms with Crippen molar-refractivity contribution in [2.75, 3.05) is 6.61 Å². The number of alkyl halides is 3. The first-order valence-electron chi connectivity index (χ1n) is 4.86.